The molecule has 3 rings (SSSR count). The van der Waals surface area contributed by atoms with Crippen LogP contribution in [0.4, 0.5) is 0 Å². The van der Waals surface area contributed by atoms with E-state index in [-0.39, 0.29) is 57.5 Å². The molecular weight excluding hydrogens is 503 g/mol. The Labute approximate surface area is 200 Å². The van der Waals surface area contributed by atoms with E-state index in [0.717, 1.165) is 9.21 Å². The summed E-state index contributed by atoms with van der Waals surface area (Å²) in [4.78, 5) is 27.1. The van der Waals surface area contributed by atoms with Gasteiger partial charge in [0.1, 0.15) is 10.0 Å². The largest absolute Gasteiger partial charge is 0.352 e. The Morgan fingerprint density at radius 1 is 1.22 bits per heavy atom. The van der Waals surface area contributed by atoms with E-state index < -0.39 is 28.0 Å². The van der Waals surface area contributed by atoms with Crippen molar-refractivity contribution in [1.29, 1.82) is 0 Å². The predicted octanol–water partition coefficient (Wildman–Crippen LogP) is 1.24. The van der Waals surface area contributed by atoms with Crippen LogP contribution in [0.1, 0.15) is 16.1 Å². The quantitative estimate of drug-likeness (QED) is 0.586. The van der Waals surface area contributed by atoms with Crippen LogP contribution in [0.3, 0.4) is 0 Å². The Kier molecular flexibility index (Phi) is 7.38. The first-order valence-corrected chi connectivity index (χ1v) is 12.0. The molecule has 32 heavy (non-hydrogen) atoms. The van der Waals surface area contributed by atoms with Crippen LogP contribution >= 0.6 is 34.8 Å². The molecule has 2 heterocycles. The van der Waals surface area contributed by atoms with Gasteiger partial charge in [-0.05, 0) is 25.1 Å². The molecule has 2 aromatic rings. The summed E-state index contributed by atoms with van der Waals surface area (Å²) in [6.07, 6.45) is -1.45. The number of hydrogen-bond donors (Lipinski definition) is 2. The molecule has 1 unspecified atom stereocenters. The predicted molar refractivity (Wildman–Crippen MR) is 120 cm³/mol. The third kappa shape index (κ3) is 4.45. The third-order valence-electron chi connectivity index (χ3n) is 4.90. The molecule has 1 atom stereocenters. The van der Waals surface area contributed by atoms with Crippen molar-refractivity contribution in [3.63, 3.8) is 0 Å². The summed E-state index contributed by atoms with van der Waals surface area (Å²) in [6.45, 7) is 1.58. The Morgan fingerprint density at radius 3 is 2.47 bits per heavy atom. The Morgan fingerprint density at radius 2 is 1.91 bits per heavy atom. The van der Waals surface area contributed by atoms with E-state index in [1.54, 1.807) is 0 Å². The van der Waals surface area contributed by atoms with E-state index in [0.29, 0.717) is 0 Å². The first-order valence-electron chi connectivity index (χ1n) is 9.45. The van der Waals surface area contributed by atoms with Crippen LogP contribution in [0.5, 0.6) is 0 Å². The molecule has 0 bridgehead atoms. The number of carbonyl (C=O) groups excluding carboxylic acids is 2. The molecule has 14 heteroatoms. The summed E-state index contributed by atoms with van der Waals surface area (Å²) in [7, 11) is -2.77. The molecule has 0 saturated carbocycles. The molecule has 0 radical (unpaired) electrons. The normalized spacial score (nSPS) is 17.1. The SMILES string of the molecule is Cc1nn(C)c(Cl)c1S(=O)(=O)N1CCN(C(=O)c2ccc(Cl)c(Cl)c2)C1C(=O)NCCN. The highest BCUT2D eigenvalue weighted by Gasteiger charge is 2.48. The summed E-state index contributed by atoms with van der Waals surface area (Å²) in [5.41, 5.74) is 5.80. The first-order chi connectivity index (χ1) is 15.0. The Hall–Kier alpha value is -1.89. The van der Waals surface area contributed by atoms with Gasteiger partial charge in [-0.3, -0.25) is 14.3 Å². The minimum absolute atomic E-state index is 0.0318. The van der Waals surface area contributed by atoms with E-state index in [2.05, 4.69) is 10.4 Å². The third-order valence-corrected chi connectivity index (χ3v) is 8.19. The molecular formula is C18H21Cl3N6O4S. The monoisotopic (exact) mass is 522 g/mol. The minimum Gasteiger partial charge on any atom is -0.352 e. The zero-order valence-corrected chi connectivity index (χ0v) is 20.3. The van der Waals surface area contributed by atoms with Crippen LogP contribution in [-0.2, 0) is 21.9 Å². The van der Waals surface area contributed by atoms with Gasteiger partial charge in [0.15, 0.2) is 6.17 Å². The molecule has 10 nitrogen and oxygen atoms in total. The van der Waals surface area contributed by atoms with Gasteiger partial charge in [0.25, 0.3) is 11.8 Å². The molecule has 3 N–H and O–H groups in total. The van der Waals surface area contributed by atoms with Gasteiger partial charge in [-0.1, -0.05) is 34.8 Å². The average Bonchev–Trinajstić information content (AvgIpc) is 3.29. The number of rotatable bonds is 6. The first kappa shape index (κ1) is 24.7. The van der Waals surface area contributed by atoms with E-state index in [1.165, 1.54) is 36.9 Å². The maximum absolute atomic E-state index is 13.5. The number of sulfonamides is 1. The number of nitrogens with one attached hydrogen (secondary N) is 1. The molecule has 1 aliphatic rings. The molecule has 1 aromatic heterocycles. The molecule has 2 amide bonds. The smallest absolute Gasteiger partial charge is 0.259 e. The second-order valence-electron chi connectivity index (χ2n) is 7.03. The van der Waals surface area contributed by atoms with Crippen LogP contribution in [0.25, 0.3) is 0 Å². The summed E-state index contributed by atoms with van der Waals surface area (Å²) < 4.78 is 29.1. The van der Waals surface area contributed by atoms with E-state index >= 15 is 0 Å². The maximum atomic E-state index is 13.5. The van der Waals surface area contributed by atoms with Crippen LogP contribution in [0, 0.1) is 6.92 Å². The van der Waals surface area contributed by atoms with Crippen LogP contribution in [-0.4, -0.2) is 71.6 Å². The number of benzene rings is 1. The summed E-state index contributed by atoms with van der Waals surface area (Å²) in [6, 6.07) is 4.26. The molecule has 0 spiro atoms. The number of aromatic nitrogens is 2. The number of nitrogens with two attached hydrogens (primary N) is 1. The van der Waals surface area contributed by atoms with Crippen LogP contribution in [0.15, 0.2) is 23.1 Å². The van der Waals surface area contributed by atoms with Gasteiger partial charge in [-0.2, -0.15) is 9.40 Å². The second kappa shape index (κ2) is 9.54. The molecule has 174 valence electrons. The topological polar surface area (TPSA) is 131 Å². The van der Waals surface area contributed by atoms with Gasteiger partial charge in [-0.25, -0.2) is 8.42 Å². The highest BCUT2D eigenvalue weighted by atomic mass is 35.5. The van der Waals surface area contributed by atoms with Crippen molar-refractivity contribution in [2.24, 2.45) is 12.8 Å². The molecule has 0 aliphatic carbocycles. The lowest BCUT2D eigenvalue weighted by Gasteiger charge is -2.28. The molecule has 1 saturated heterocycles. The Balaban J connectivity index is 2.04. The van der Waals surface area contributed by atoms with E-state index in [1.807, 2.05) is 0 Å². The number of aryl methyl sites for hydroxylation is 2. The lowest BCUT2D eigenvalue weighted by Crippen LogP contribution is -2.54. The van der Waals surface area contributed by atoms with Gasteiger partial charge in [0.2, 0.25) is 10.0 Å². The van der Waals surface area contributed by atoms with E-state index in [9.17, 15) is 18.0 Å². The van der Waals surface area contributed by atoms with Gasteiger partial charge in [-0.15, -0.1) is 0 Å². The highest BCUT2D eigenvalue weighted by Crippen LogP contribution is 2.32. The Bertz CT molecular complexity index is 1170. The van der Waals surface area contributed by atoms with Gasteiger partial charge in [0.05, 0.1) is 15.7 Å². The number of hydrogen-bond acceptors (Lipinski definition) is 6. The van der Waals surface area contributed by atoms with Crippen molar-refractivity contribution in [2.75, 3.05) is 26.2 Å². The minimum atomic E-state index is -4.28. The van der Waals surface area contributed by atoms with Crippen molar-refractivity contribution < 1.29 is 18.0 Å². The lowest BCUT2D eigenvalue weighted by molar-refractivity contribution is -0.127. The lowest BCUT2D eigenvalue weighted by atomic mass is 10.2. The van der Waals surface area contributed by atoms with Gasteiger partial charge >= 0.3 is 0 Å². The van der Waals surface area contributed by atoms with Gasteiger partial charge in [0, 0.05) is 38.8 Å². The van der Waals surface area contributed by atoms with Crippen LogP contribution in [0.2, 0.25) is 15.2 Å². The fraction of sp³-hybridized carbons (Fsp3) is 0.389. The maximum Gasteiger partial charge on any atom is 0.259 e. The van der Waals surface area contributed by atoms with Crippen molar-refractivity contribution in [1.82, 2.24) is 24.3 Å². The fourth-order valence-corrected chi connectivity index (χ4v) is 6.00. The fourth-order valence-electron chi connectivity index (χ4n) is 3.45. The van der Waals surface area contributed by atoms with Crippen molar-refractivity contribution in [3.8, 4) is 0 Å². The summed E-state index contributed by atoms with van der Waals surface area (Å²) in [5.74, 6) is -1.27. The number of amides is 2. The second-order valence-corrected chi connectivity index (χ2v) is 10.0. The number of carbonyl (C=O) groups is 2. The zero-order chi connectivity index (χ0) is 23.8. The van der Waals surface area contributed by atoms with Crippen molar-refractivity contribution in [2.45, 2.75) is 18.0 Å². The molecule has 1 fully saturated rings. The highest BCUT2D eigenvalue weighted by molar-refractivity contribution is 7.89. The molecule has 1 aromatic carbocycles. The van der Waals surface area contributed by atoms with E-state index in [4.69, 9.17) is 40.5 Å². The zero-order valence-electron chi connectivity index (χ0n) is 17.2. The summed E-state index contributed by atoms with van der Waals surface area (Å²) in [5, 5.41) is 6.91. The standard InChI is InChI=1S/C18H21Cl3N6O4S/c1-10-14(15(21)25(2)24-10)32(30,31)27-8-7-26(17(27)16(28)23-6-5-22)18(29)11-3-4-12(19)13(20)9-11/h3-4,9,17H,5-8,22H2,1-2H3,(H,23,28). The van der Waals surface area contributed by atoms with Crippen LogP contribution < -0.4 is 11.1 Å². The molecule has 1 aliphatic heterocycles. The van der Waals surface area contributed by atoms with Crippen molar-refractivity contribution >= 4 is 56.6 Å². The average molecular weight is 524 g/mol. The van der Waals surface area contributed by atoms with Gasteiger partial charge < -0.3 is 16.0 Å². The number of nitrogens with zero attached hydrogens (tertiary/aromatic N) is 4. The summed E-state index contributed by atoms with van der Waals surface area (Å²) >= 11 is 18.1. The van der Waals surface area contributed by atoms with Crippen molar-refractivity contribution in [3.05, 3.63) is 44.7 Å². The number of halogens is 3.